The van der Waals surface area contributed by atoms with Crippen LogP contribution in [0.2, 0.25) is 0 Å². The summed E-state index contributed by atoms with van der Waals surface area (Å²) in [6.07, 6.45) is 12.4. The molecule has 0 unspecified atom stereocenters. The van der Waals surface area contributed by atoms with Crippen molar-refractivity contribution in [3.8, 4) is 0 Å². The van der Waals surface area contributed by atoms with Crippen LogP contribution in [0.3, 0.4) is 0 Å². The van der Waals surface area contributed by atoms with Gasteiger partial charge in [0, 0.05) is 5.75 Å². The van der Waals surface area contributed by atoms with Crippen LogP contribution >= 0.6 is 0 Å². The van der Waals surface area contributed by atoms with E-state index in [-0.39, 0.29) is 35.3 Å². The Kier molecular flexibility index (Phi) is 14.6. The van der Waals surface area contributed by atoms with Crippen LogP contribution in [-0.2, 0) is 16.5 Å². The van der Waals surface area contributed by atoms with Crippen LogP contribution < -0.4 is 29.6 Å². The number of hydrogen-bond donors (Lipinski definition) is 0. The zero-order valence-corrected chi connectivity index (χ0v) is 17.3. The molecule has 3 nitrogen and oxygen atoms in total. The van der Waals surface area contributed by atoms with Crippen molar-refractivity contribution in [2.75, 3.05) is 5.75 Å². The Morgan fingerprint density at radius 2 is 1.13 bits per heavy atom. The molecule has 0 saturated carbocycles. The zero-order chi connectivity index (χ0) is 16.1. The van der Waals surface area contributed by atoms with Crippen LogP contribution in [0, 0.1) is 0 Å². The molecule has 1 aromatic rings. The normalized spacial score (nSPS) is 11.2. The van der Waals surface area contributed by atoms with Gasteiger partial charge in [-0.1, -0.05) is 81.7 Å². The Morgan fingerprint density at radius 1 is 0.696 bits per heavy atom. The van der Waals surface area contributed by atoms with Crippen LogP contribution in [-0.4, -0.2) is 18.7 Å². The van der Waals surface area contributed by atoms with E-state index in [1.165, 1.54) is 50.5 Å². The van der Waals surface area contributed by atoms with Crippen molar-refractivity contribution < 1.29 is 42.5 Å². The van der Waals surface area contributed by atoms with Gasteiger partial charge in [0.2, 0.25) is 0 Å². The largest absolute Gasteiger partial charge is 1.00 e. The maximum absolute atomic E-state index is 10.4. The molecule has 0 aliphatic rings. The third kappa shape index (κ3) is 15.4. The van der Waals surface area contributed by atoms with Gasteiger partial charge >= 0.3 is 29.6 Å². The SMILES string of the molecule is O=S(=O)([O-])CCCCCCCCCCCCc1ccccc1.[Na+]. The second-order valence-electron chi connectivity index (χ2n) is 6.03. The molecule has 0 atom stereocenters. The van der Waals surface area contributed by atoms with Crippen LogP contribution in [0.25, 0.3) is 0 Å². The Morgan fingerprint density at radius 3 is 1.61 bits per heavy atom. The maximum Gasteiger partial charge on any atom is 1.00 e. The molecule has 0 N–H and O–H groups in total. The molecule has 0 fully saturated rings. The minimum Gasteiger partial charge on any atom is -0.748 e. The molecular weight excluding hydrogens is 319 g/mol. The van der Waals surface area contributed by atoms with E-state index >= 15 is 0 Å². The van der Waals surface area contributed by atoms with E-state index < -0.39 is 10.1 Å². The Hall–Kier alpha value is 0.130. The van der Waals surface area contributed by atoms with E-state index in [1.54, 1.807) is 0 Å². The first-order valence-electron chi connectivity index (χ1n) is 8.55. The number of unbranched alkanes of at least 4 members (excludes halogenated alkanes) is 9. The Labute approximate surface area is 164 Å². The summed E-state index contributed by atoms with van der Waals surface area (Å²) in [6.45, 7) is 0. The van der Waals surface area contributed by atoms with E-state index in [2.05, 4.69) is 30.3 Å². The molecule has 0 saturated heterocycles. The summed E-state index contributed by atoms with van der Waals surface area (Å²) in [5.74, 6) is -0.200. The van der Waals surface area contributed by atoms with Gasteiger partial charge in [-0.15, -0.1) is 0 Å². The van der Waals surface area contributed by atoms with Crippen LogP contribution in [0.5, 0.6) is 0 Å². The molecule has 0 aliphatic carbocycles. The first-order chi connectivity index (χ1) is 10.6. The summed E-state index contributed by atoms with van der Waals surface area (Å²) >= 11 is 0. The summed E-state index contributed by atoms with van der Waals surface area (Å²) in [5, 5.41) is 0. The molecule has 0 aliphatic heterocycles. The summed E-state index contributed by atoms with van der Waals surface area (Å²) in [4.78, 5) is 0. The molecule has 1 rings (SSSR count). The Bertz CT molecular complexity index is 474. The average molecular weight is 348 g/mol. The second-order valence-corrected chi connectivity index (χ2v) is 7.56. The molecule has 0 bridgehead atoms. The van der Waals surface area contributed by atoms with Crippen LogP contribution in [0.4, 0.5) is 0 Å². The molecule has 5 heteroatoms. The van der Waals surface area contributed by atoms with Crippen LogP contribution in [0.15, 0.2) is 30.3 Å². The predicted molar refractivity (Wildman–Crippen MR) is 90.9 cm³/mol. The number of benzene rings is 1. The monoisotopic (exact) mass is 348 g/mol. The van der Waals surface area contributed by atoms with E-state index in [1.807, 2.05) is 0 Å². The molecule has 23 heavy (non-hydrogen) atoms. The third-order valence-electron chi connectivity index (χ3n) is 3.95. The van der Waals surface area contributed by atoms with Gasteiger partial charge in [-0.25, -0.2) is 8.42 Å². The fraction of sp³-hybridized carbons (Fsp3) is 0.667. The molecule has 0 aromatic heterocycles. The van der Waals surface area contributed by atoms with Crippen molar-refractivity contribution in [1.82, 2.24) is 0 Å². The standard InChI is InChI=1S/C18H30O3S.Na/c19-22(20,21)17-13-8-6-4-2-1-3-5-7-10-14-18-15-11-9-12-16-18;/h9,11-12,15-16H,1-8,10,13-14,17H2,(H,19,20,21);/q;+1/p-1. The molecule has 126 valence electrons. The van der Waals surface area contributed by atoms with Gasteiger partial charge in [-0.2, -0.15) is 0 Å². The average Bonchev–Trinajstić information content (AvgIpc) is 2.48. The minimum absolute atomic E-state index is 0. The van der Waals surface area contributed by atoms with Gasteiger partial charge < -0.3 is 4.55 Å². The maximum atomic E-state index is 10.4. The van der Waals surface area contributed by atoms with E-state index in [0.717, 1.165) is 19.3 Å². The molecule has 0 amide bonds. The number of aryl methyl sites for hydroxylation is 1. The van der Waals surface area contributed by atoms with Crippen LogP contribution in [0.1, 0.15) is 69.8 Å². The fourth-order valence-corrected chi connectivity index (χ4v) is 3.22. The zero-order valence-electron chi connectivity index (χ0n) is 14.5. The van der Waals surface area contributed by atoms with Gasteiger partial charge in [0.1, 0.15) is 0 Å². The van der Waals surface area contributed by atoms with Gasteiger partial charge in [0.25, 0.3) is 0 Å². The first-order valence-corrected chi connectivity index (χ1v) is 10.1. The van der Waals surface area contributed by atoms with Crippen molar-refractivity contribution in [3.63, 3.8) is 0 Å². The summed E-state index contributed by atoms with van der Waals surface area (Å²) < 4.78 is 31.3. The van der Waals surface area contributed by atoms with Crippen molar-refractivity contribution in [2.24, 2.45) is 0 Å². The van der Waals surface area contributed by atoms with Gasteiger partial charge in [0.15, 0.2) is 0 Å². The van der Waals surface area contributed by atoms with Gasteiger partial charge in [0.05, 0.1) is 10.1 Å². The Balaban J connectivity index is 0.00000484. The molecule has 0 spiro atoms. The minimum atomic E-state index is -4.00. The van der Waals surface area contributed by atoms with Crippen molar-refractivity contribution in [3.05, 3.63) is 35.9 Å². The molecule has 0 heterocycles. The number of hydrogen-bond acceptors (Lipinski definition) is 3. The second kappa shape index (κ2) is 14.5. The summed E-state index contributed by atoms with van der Waals surface area (Å²) in [6, 6.07) is 10.6. The topological polar surface area (TPSA) is 57.2 Å². The van der Waals surface area contributed by atoms with E-state index in [9.17, 15) is 13.0 Å². The summed E-state index contributed by atoms with van der Waals surface area (Å²) in [7, 11) is -4.00. The molecular formula is C18H29NaO3S. The fourth-order valence-electron chi connectivity index (χ4n) is 2.67. The molecule has 0 radical (unpaired) electrons. The predicted octanol–water partition coefficient (Wildman–Crippen LogP) is 1.68. The quantitative estimate of drug-likeness (QED) is 0.310. The smallest absolute Gasteiger partial charge is 0.748 e. The summed E-state index contributed by atoms with van der Waals surface area (Å²) in [5.41, 5.74) is 1.43. The van der Waals surface area contributed by atoms with Gasteiger partial charge in [-0.3, -0.25) is 0 Å². The first kappa shape index (κ1) is 23.1. The van der Waals surface area contributed by atoms with Gasteiger partial charge in [-0.05, 0) is 24.8 Å². The molecule has 1 aromatic carbocycles. The van der Waals surface area contributed by atoms with Crippen molar-refractivity contribution in [1.29, 1.82) is 0 Å². The third-order valence-corrected chi connectivity index (χ3v) is 4.74. The van der Waals surface area contributed by atoms with E-state index in [4.69, 9.17) is 0 Å². The van der Waals surface area contributed by atoms with Crippen molar-refractivity contribution in [2.45, 2.75) is 70.6 Å². The van der Waals surface area contributed by atoms with E-state index in [0.29, 0.717) is 6.42 Å². The number of rotatable bonds is 13. The van der Waals surface area contributed by atoms with Crippen molar-refractivity contribution >= 4 is 10.1 Å².